The van der Waals surface area contributed by atoms with E-state index in [9.17, 15) is 0 Å². The van der Waals surface area contributed by atoms with Crippen molar-refractivity contribution in [1.82, 2.24) is 24.4 Å². The molecule has 2 rings (SSSR count). The number of hydrogen-bond donors (Lipinski definition) is 1. The molecular formula is C12H19N5. The highest BCUT2D eigenvalue weighted by Gasteiger charge is 2.02. The lowest BCUT2D eigenvalue weighted by atomic mass is 10.4. The Kier molecular flexibility index (Phi) is 3.93. The SMILES string of the molecule is CCCn1cncc1CNCc1nccn1C. The van der Waals surface area contributed by atoms with Gasteiger partial charge in [0.25, 0.3) is 0 Å². The minimum absolute atomic E-state index is 0.779. The molecule has 1 N–H and O–H groups in total. The second-order valence-corrected chi connectivity index (χ2v) is 4.14. The molecule has 0 aliphatic heterocycles. The molecular weight excluding hydrogens is 214 g/mol. The zero-order valence-corrected chi connectivity index (χ0v) is 10.4. The molecule has 2 heterocycles. The molecule has 5 heteroatoms. The third kappa shape index (κ3) is 2.94. The number of hydrogen-bond acceptors (Lipinski definition) is 3. The average Bonchev–Trinajstić information content (AvgIpc) is 2.90. The highest BCUT2D eigenvalue weighted by molar-refractivity contribution is 4.98. The van der Waals surface area contributed by atoms with Gasteiger partial charge >= 0.3 is 0 Å². The van der Waals surface area contributed by atoms with E-state index < -0.39 is 0 Å². The lowest BCUT2D eigenvalue weighted by Crippen LogP contribution is -2.17. The van der Waals surface area contributed by atoms with Gasteiger partial charge in [-0.25, -0.2) is 9.97 Å². The fourth-order valence-electron chi connectivity index (χ4n) is 1.81. The molecule has 5 nitrogen and oxygen atoms in total. The van der Waals surface area contributed by atoms with Crippen LogP contribution in [0, 0.1) is 0 Å². The molecule has 0 unspecified atom stereocenters. The summed E-state index contributed by atoms with van der Waals surface area (Å²) in [4.78, 5) is 8.45. The molecule has 0 bridgehead atoms. The Bertz CT molecular complexity index is 457. The van der Waals surface area contributed by atoms with Gasteiger partial charge in [0.15, 0.2) is 0 Å². The van der Waals surface area contributed by atoms with E-state index in [0.29, 0.717) is 0 Å². The summed E-state index contributed by atoms with van der Waals surface area (Å²) >= 11 is 0. The first-order valence-corrected chi connectivity index (χ1v) is 5.97. The second-order valence-electron chi connectivity index (χ2n) is 4.14. The number of aromatic nitrogens is 4. The van der Waals surface area contributed by atoms with Crippen LogP contribution in [0.1, 0.15) is 24.9 Å². The molecule has 17 heavy (non-hydrogen) atoms. The monoisotopic (exact) mass is 233 g/mol. The molecule has 0 spiro atoms. The van der Waals surface area contributed by atoms with Gasteiger partial charge in [-0.15, -0.1) is 0 Å². The van der Waals surface area contributed by atoms with E-state index in [1.807, 2.05) is 36.5 Å². The van der Waals surface area contributed by atoms with Crippen LogP contribution in [-0.2, 0) is 26.7 Å². The highest BCUT2D eigenvalue weighted by atomic mass is 15.1. The van der Waals surface area contributed by atoms with E-state index >= 15 is 0 Å². The Morgan fingerprint density at radius 1 is 1.35 bits per heavy atom. The van der Waals surface area contributed by atoms with Crippen LogP contribution in [0.15, 0.2) is 24.9 Å². The van der Waals surface area contributed by atoms with Crippen molar-refractivity contribution in [1.29, 1.82) is 0 Å². The van der Waals surface area contributed by atoms with Crippen molar-refractivity contribution in [3.63, 3.8) is 0 Å². The maximum absolute atomic E-state index is 4.27. The van der Waals surface area contributed by atoms with E-state index in [4.69, 9.17) is 0 Å². The van der Waals surface area contributed by atoms with Crippen LogP contribution >= 0.6 is 0 Å². The van der Waals surface area contributed by atoms with E-state index in [1.54, 1.807) is 0 Å². The summed E-state index contributed by atoms with van der Waals surface area (Å²) < 4.78 is 4.21. The predicted octanol–water partition coefficient (Wildman–Crippen LogP) is 1.32. The van der Waals surface area contributed by atoms with Gasteiger partial charge in [-0.05, 0) is 6.42 Å². The van der Waals surface area contributed by atoms with Crippen molar-refractivity contribution < 1.29 is 0 Å². The molecule has 0 radical (unpaired) electrons. The van der Waals surface area contributed by atoms with Crippen molar-refractivity contribution in [2.45, 2.75) is 33.0 Å². The Labute approximate surface area is 102 Å². The topological polar surface area (TPSA) is 47.7 Å². The van der Waals surface area contributed by atoms with Crippen LogP contribution in [0.3, 0.4) is 0 Å². The summed E-state index contributed by atoms with van der Waals surface area (Å²) in [6.45, 7) is 4.80. The summed E-state index contributed by atoms with van der Waals surface area (Å²) in [5.41, 5.74) is 1.22. The van der Waals surface area contributed by atoms with Gasteiger partial charge in [0.05, 0.1) is 18.6 Å². The normalized spacial score (nSPS) is 10.9. The molecule has 0 fully saturated rings. The first-order valence-electron chi connectivity index (χ1n) is 5.97. The summed E-state index contributed by atoms with van der Waals surface area (Å²) in [6, 6.07) is 0. The van der Waals surface area contributed by atoms with Crippen LogP contribution in [0.5, 0.6) is 0 Å². The molecule has 2 aromatic heterocycles. The van der Waals surface area contributed by atoms with E-state index in [2.05, 4.69) is 26.8 Å². The van der Waals surface area contributed by atoms with E-state index in [1.165, 1.54) is 5.69 Å². The van der Waals surface area contributed by atoms with Gasteiger partial charge in [-0.1, -0.05) is 6.92 Å². The molecule has 0 atom stereocenters. The van der Waals surface area contributed by atoms with Crippen molar-refractivity contribution in [3.05, 3.63) is 36.4 Å². The van der Waals surface area contributed by atoms with Crippen LogP contribution in [0.4, 0.5) is 0 Å². The van der Waals surface area contributed by atoms with Gasteiger partial charge in [0.2, 0.25) is 0 Å². The molecule has 0 aliphatic rings. The maximum Gasteiger partial charge on any atom is 0.122 e. The van der Waals surface area contributed by atoms with Crippen molar-refractivity contribution in [2.75, 3.05) is 0 Å². The standard InChI is InChI=1S/C12H19N5/c1-3-5-17-10-14-8-11(17)7-13-9-12-15-4-6-16(12)2/h4,6,8,10,13H,3,5,7,9H2,1-2H3. The fourth-order valence-corrected chi connectivity index (χ4v) is 1.81. The molecule has 0 amide bonds. The summed E-state index contributed by atoms with van der Waals surface area (Å²) in [5.74, 6) is 1.05. The molecule has 0 saturated heterocycles. The average molecular weight is 233 g/mol. The number of imidazole rings is 2. The van der Waals surface area contributed by atoms with E-state index in [-0.39, 0.29) is 0 Å². The quantitative estimate of drug-likeness (QED) is 0.818. The maximum atomic E-state index is 4.27. The fraction of sp³-hybridized carbons (Fsp3) is 0.500. The zero-order chi connectivity index (χ0) is 12.1. The van der Waals surface area contributed by atoms with Crippen LogP contribution in [-0.4, -0.2) is 19.1 Å². The minimum Gasteiger partial charge on any atom is -0.337 e. The summed E-state index contributed by atoms with van der Waals surface area (Å²) in [5, 5.41) is 3.39. The van der Waals surface area contributed by atoms with Gasteiger partial charge < -0.3 is 14.5 Å². The third-order valence-electron chi connectivity index (χ3n) is 2.77. The number of aryl methyl sites for hydroxylation is 2. The second kappa shape index (κ2) is 5.63. The Morgan fingerprint density at radius 3 is 2.94 bits per heavy atom. The predicted molar refractivity (Wildman–Crippen MR) is 66.3 cm³/mol. The number of rotatable bonds is 6. The van der Waals surface area contributed by atoms with Crippen LogP contribution in [0.25, 0.3) is 0 Å². The summed E-state index contributed by atoms with van der Waals surface area (Å²) in [7, 11) is 2.01. The third-order valence-corrected chi connectivity index (χ3v) is 2.77. The molecule has 92 valence electrons. The van der Waals surface area contributed by atoms with Crippen molar-refractivity contribution in [3.8, 4) is 0 Å². The Hall–Kier alpha value is -1.62. The van der Waals surface area contributed by atoms with Gasteiger partial charge in [-0.2, -0.15) is 0 Å². The van der Waals surface area contributed by atoms with Crippen LogP contribution in [0.2, 0.25) is 0 Å². The van der Waals surface area contributed by atoms with Crippen molar-refractivity contribution in [2.24, 2.45) is 7.05 Å². The number of nitrogens with zero attached hydrogens (tertiary/aromatic N) is 4. The smallest absolute Gasteiger partial charge is 0.122 e. The molecule has 0 saturated carbocycles. The van der Waals surface area contributed by atoms with Gasteiger partial charge in [0.1, 0.15) is 5.82 Å². The molecule has 2 aromatic rings. The van der Waals surface area contributed by atoms with Gasteiger partial charge in [-0.3, -0.25) is 0 Å². The molecule has 0 aromatic carbocycles. The first kappa shape index (κ1) is 11.9. The number of nitrogens with one attached hydrogen (secondary N) is 1. The Balaban J connectivity index is 1.86. The largest absolute Gasteiger partial charge is 0.337 e. The minimum atomic E-state index is 0.779. The highest BCUT2D eigenvalue weighted by Crippen LogP contribution is 2.01. The van der Waals surface area contributed by atoms with Crippen molar-refractivity contribution >= 4 is 0 Å². The lowest BCUT2D eigenvalue weighted by Gasteiger charge is -2.08. The van der Waals surface area contributed by atoms with E-state index in [0.717, 1.165) is 31.9 Å². The summed E-state index contributed by atoms with van der Waals surface area (Å²) in [6.07, 6.45) is 8.71. The lowest BCUT2D eigenvalue weighted by molar-refractivity contribution is 0.584. The first-order chi connectivity index (χ1) is 8.31. The van der Waals surface area contributed by atoms with Gasteiger partial charge in [0, 0.05) is 38.7 Å². The Morgan fingerprint density at radius 2 is 2.24 bits per heavy atom. The van der Waals surface area contributed by atoms with Crippen LogP contribution < -0.4 is 5.32 Å². The molecule has 0 aliphatic carbocycles. The zero-order valence-electron chi connectivity index (χ0n) is 10.4.